The van der Waals surface area contributed by atoms with Gasteiger partial charge in [0.15, 0.2) is 0 Å². The van der Waals surface area contributed by atoms with Crippen molar-refractivity contribution in [2.75, 3.05) is 6.61 Å². The molecular weight excluding hydrogens is 152 g/mol. The summed E-state index contributed by atoms with van der Waals surface area (Å²) in [6.07, 6.45) is 3.40. The molecule has 0 unspecified atom stereocenters. The van der Waals surface area contributed by atoms with E-state index in [1.165, 1.54) is 17.2 Å². The molecule has 1 aliphatic rings. The van der Waals surface area contributed by atoms with Crippen molar-refractivity contribution < 1.29 is 9.53 Å². The zero-order valence-electron chi connectivity index (χ0n) is 7.76. The van der Waals surface area contributed by atoms with Gasteiger partial charge >= 0.3 is 5.97 Å². The van der Waals surface area contributed by atoms with Crippen molar-refractivity contribution in [1.82, 2.24) is 0 Å². The molecule has 0 atom stereocenters. The van der Waals surface area contributed by atoms with Crippen LogP contribution < -0.4 is 0 Å². The lowest BCUT2D eigenvalue weighted by Crippen LogP contribution is -1.99. The second-order valence-electron chi connectivity index (χ2n) is 2.95. The van der Waals surface area contributed by atoms with Gasteiger partial charge in [0.2, 0.25) is 0 Å². The lowest BCUT2D eigenvalue weighted by Gasteiger charge is -1.94. The van der Waals surface area contributed by atoms with Crippen LogP contribution in [0.5, 0.6) is 0 Å². The van der Waals surface area contributed by atoms with Crippen molar-refractivity contribution in [1.29, 1.82) is 0 Å². The maximum Gasteiger partial charge on any atom is 0.330 e. The van der Waals surface area contributed by atoms with E-state index in [-0.39, 0.29) is 5.97 Å². The van der Waals surface area contributed by atoms with E-state index in [1.807, 2.05) is 6.08 Å². The van der Waals surface area contributed by atoms with Crippen LogP contribution in [0, 0.1) is 5.92 Å². The summed E-state index contributed by atoms with van der Waals surface area (Å²) in [5.74, 6) is 0.180. The smallest absolute Gasteiger partial charge is 0.330 e. The monoisotopic (exact) mass is 166 g/mol. The molecule has 0 N–H and O–H groups in total. The lowest BCUT2D eigenvalue weighted by molar-refractivity contribution is -0.137. The summed E-state index contributed by atoms with van der Waals surface area (Å²) in [4.78, 5) is 10.9. The van der Waals surface area contributed by atoms with Gasteiger partial charge in [0, 0.05) is 12.0 Å². The number of allylic oxidation sites excluding steroid dienone is 3. The van der Waals surface area contributed by atoms with Crippen molar-refractivity contribution in [2.24, 2.45) is 5.92 Å². The van der Waals surface area contributed by atoms with Crippen molar-refractivity contribution in [2.45, 2.75) is 20.8 Å². The third-order valence-electron chi connectivity index (χ3n) is 2.18. The fraction of sp³-hybridized carbons (Fsp3) is 0.500. The van der Waals surface area contributed by atoms with Crippen molar-refractivity contribution in [3.05, 3.63) is 23.3 Å². The first-order chi connectivity index (χ1) is 5.66. The van der Waals surface area contributed by atoms with E-state index in [4.69, 9.17) is 4.74 Å². The molecule has 1 aliphatic carbocycles. The second kappa shape index (κ2) is 3.57. The molecule has 12 heavy (non-hydrogen) atoms. The van der Waals surface area contributed by atoms with Gasteiger partial charge in [-0.2, -0.15) is 0 Å². The maximum absolute atomic E-state index is 10.9. The molecule has 0 bridgehead atoms. The highest BCUT2D eigenvalue weighted by atomic mass is 16.5. The molecule has 0 fully saturated rings. The molecule has 0 saturated heterocycles. The largest absolute Gasteiger partial charge is 0.463 e. The van der Waals surface area contributed by atoms with Gasteiger partial charge < -0.3 is 4.74 Å². The van der Waals surface area contributed by atoms with Gasteiger partial charge in [-0.15, -0.1) is 0 Å². The molecular formula is C10H14O2. The van der Waals surface area contributed by atoms with Crippen LogP contribution in [0.3, 0.4) is 0 Å². The molecule has 2 nitrogen and oxygen atoms in total. The van der Waals surface area contributed by atoms with Gasteiger partial charge in [-0.05, 0) is 20.8 Å². The van der Waals surface area contributed by atoms with Crippen LogP contribution in [0.2, 0.25) is 0 Å². The maximum atomic E-state index is 10.9. The standard InChI is InChI=1S/C10H14O2/c1-4-12-10(11)6-5-9-7(2)8(9)3/h5-6,9H,4H2,1-3H3/b6-5+. The molecule has 0 amide bonds. The number of carbonyl (C=O) groups excluding carboxylic acids is 1. The van der Waals surface area contributed by atoms with Crippen LogP contribution in [0.15, 0.2) is 23.3 Å². The zero-order chi connectivity index (χ0) is 9.14. The molecule has 1 rings (SSSR count). The molecule has 0 aromatic carbocycles. The van der Waals surface area contributed by atoms with Crippen molar-refractivity contribution in [3.63, 3.8) is 0 Å². The summed E-state index contributed by atoms with van der Waals surface area (Å²) >= 11 is 0. The zero-order valence-corrected chi connectivity index (χ0v) is 7.76. The molecule has 0 heterocycles. The molecule has 2 heteroatoms. The summed E-state index contributed by atoms with van der Waals surface area (Å²) in [7, 11) is 0. The first-order valence-corrected chi connectivity index (χ1v) is 4.19. The van der Waals surface area contributed by atoms with Crippen LogP contribution in [-0.4, -0.2) is 12.6 Å². The Morgan fingerprint density at radius 2 is 2.08 bits per heavy atom. The molecule has 0 spiro atoms. The number of hydrogen-bond donors (Lipinski definition) is 0. The quantitative estimate of drug-likeness (QED) is 0.364. The highest BCUT2D eigenvalue weighted by Gasteiger charge is 2.25. The van der Waals surface area contributed by atoms with E-state index in [1.54, 1.807) is 6.92 Å². The second-order valence-corrected chi connectivity index (χ2v) is 2.95. The van der Waals surface area contributed by atoms with Gasteiger partial charge in [0.25, 0.3) is 0 Å². The highest BCUT2D eigenvalue weighted by molar-refractivity contribution is 5.82. The Kier molecular flexibility index (Phi) is 2.69. The Bertz CT molecular complexity index is 237. The predicted octanol–water partition coefficient (Wildman–Crippen LogP) is 2.07. The topological polar surface area (TPSA) is 26.3 Å². The Hall–Kier alpha value is -1.05. The molecule has 66 valence electrons. The van der Waals surface area contributed by atoms with Gasteiger partial charge in [-0.3, -0.25) is 0 Å². The number of esters is 1. The minimum Gasteiger partial charge on any atom is -0.463 e. The number of ether oxygens (including phenoxy) is 1. The minimum absolute atomic E-state index is 0.245. The van der Waals surface area contributed by atoms with E-state index in [0.29, 0.717) is 12.5 Å². The molecule has 0 radical (unpaired) electrons. The van der Waals surface area contributed by atoms with Crippen LogP contribution >= 0.6 is 0 Å². The lowest BCUT2D eigenvalue weighted by atomic mass is 10.2. The molecule has 0 aromatic heterocycles. The van der Waals surface area contributed by atoms with Gasteiger partial charge in [0.05, 0.1) is 6.61 Å². The molecule has 0 saturated carbocycles. The fourth-order valence-corrected chi connectivity index (χ4v) is 1.16. The average Bonchev–Trinajstić information content (AvgIpc) is 2.58. The third-order valence-corrected chi connectivity index (χ3v) is 2.18. The highest BCUT2D eigenvalue weighted by Crippen LogP contribution is 2.38. The Labute approximate surface area is 72.9 Å². The van der Waals surface area contributed by atoms with E-state index < -0.39 is 0 Å². The van der Waals surface area contributed by atoms with E-state index in [9.17, 15) is 4.79 Å². The Morgan fingerprint density at radius 1 is 1.50 bits per heavy atom. The Morgan fingerprint density at radius 3 is 2.50 bits per heavy atom. The third kappa shape index (κ3) is 1.97. The van der Waals surface area contributed by atoms with Crippen molar-refractivity contribution in [3.8, 4) is 0 Å². The van der Waals surface area contributed by atoms with Gasteiger partial charge in [-0.1, -0.05) is 17.2 Å². The van der Waals surface area contributed by atoms with Crippen LogP contribution in [-0.2, 0) is 9.53 Å². The fourth-order valence-electron chi connectivity index (χ4n) is 1.16. The summed E-state index contributed by atoms with van der Waals surface area (Å²) in [6, 6.07) is 0. The summed E-state index contributed by atoms with van der Waals surface area (Å²) in [5.41, 5.74) is 2.74. The summed E-state index contributed by atoms with van der Waals surface area (Å²) in [5, 5.41) is 0. The van der Waals surface area contributed by atoms with Crippen LogP contribution in [0.1, 0.15) is 20.8 Å². The van der Waals surface area contributed by atoms with E-state index in [2.05, 4.69) is 13.8 Å². The van der Waals surface area contributed by atoms with Gasteiger partial charge in [0.1, 0.15) is 0 Å². The number of rotatable bonds is 3. The number of carbonyl (C=O) groups is 1. The first kappa shape index (κ1) is 9.04. The normalized spacial score (nSPS) is 17.2. The average molecular weight is 166 g/mol. The van der Waals surface area contributed by atoms with E-state index >= 15 is 0 Å². The van der Waals surface area contributed by atoms with Gasteiger partial charge in [-0.25, -0.2) is 4.79 Å². The predicted molar refractivity (Wildman–Crippen MR) is 47.6 cm³/mol. The molecule has 0 aromatic rings. The Balaban J connectivity index is 2.29. The summed E-state index contributed by atoms with van der Waals surface area (Å²) < 4.78 is 4.75. The molecule has 0 aliphatic heterocycles. The van der Waals surface area contributed by atoms with Crippen LogP contribution in [0.25, 0.3) is 0 Å². The van der Waals surface area contributed by atoms with E-state index in [0.717, 1.165) is 0 Å². The van der Waals surface area contributed by atoms with Crippen LogP contribution in [0.4, 0.5) is 0 Å². The number of hydrogen-bond acceptors (Lipinski definition) is 2. The van der Waals surface area contributed by atoms with Crippen molar-refractivity contribution >= 4 is 5.97 Å². The summed E-state index contributed by atoms with van der Waals surface area (Å²) in [6.45, 7) is 6.40. The first-order valence-electron chi connectivity index (χ1n) is 4.19. The SMILES string of the molecule is CCOC(=O)/C=C/C1C(C)=C1C. The minimum atomic E-state index is -0.245.